The summed E-state index contributed by atoms with van der Waals surface area (Å²) in [5.41, 5.74) is 2.94. The number of benzene rings is 1. The minimum atomic E-state index is 0.238. The first-order valence-corrected chi connectivity index (χ1v) is 6.10. The molecule has 0 aromatic heterocycles. The van der Waals surface area contributed by atoms with Gasteiger partial charge in [0, 0.05) is 25.4 Å². The van der Waals surface area contributed by atoms with E-state index in [1.165, 1.54) is 24.0 Å². The van der Waals surface area contributed by atoms with Gasteiger partial charge in [-0.15, -0.1) is 0 Å². The fraction of sp³-hybridized carbons (Fsp3) is 0.500. The Morgan fingerprint density at radius 2 is 2.12 bits per heavy atom. The zero-order valence-corrected chi connectivity index (χ0v) is 9.65. The summed E-state index contributed by atoms with van der Waals surface area (Å²) in [6.07, 6.45) is 3.46. The van der Waals surface area contributed by atoms with Crippen molar-refractivity contribution in [2.24, 2.45) is 0 Å². The largest absolute Gasteiger partial charge is 0.339 e. The molecule has 1 fully saturated rings. The maximum Gasteiger partial charge on any atom is 0.219 e. The molecule has 2 aliphatic heterocycles. The van der Waals surface area contributed by atoms with Crippen LogP contribution in [0.25, 0.3) is 0 Å². The molecule has 2 nitrogen and oxygen atoms in total. The topological polar surface area (TPSA) is 20.3 Å². The Bertz CT molecular complexity index is 426. The van der Waals surface area contributed by atoms with Crippen molar-refractivity contribution >= 4 is 5.91 Å². The highest BCUT2D eigenvalue weighted by Crippen LogP contribution is 2.37. The van der Waals surface area contributed by atoms with Crippen molar-refractivity contribution in [3.05, 3.63) is 35.4 Å². The van der Waals surface area contributed by atoms with Crippen LogP contribution in [0.2, 0.25) is 0 Å². The average molecular weight is 215 g/mol. The number of hydrogen-bond acceptors (Lipinski definition) is 1. The van der Waals surface area contributed by atoms with Crippen LogP contribution in [0.5, 0.6) is 0 Å². The van der Waals surface area contributed by atoms with Crippen LogP contribution in [0.4, 0.5) is 0 Å². The Labute approximate surface area is 96.3 Å². The predicted octanol–water partition coefficient (Wildman–Crippen LogP) is 2.34. The van der Waals surface area contributed by atoms with Crippen molar-refractivity contribution in [2.45, 2.75) is 38.1 Å². The molecule has 16 heavy (non-hydrogen) atoms. The zero-order valence-electron chi connectivity index (χ0n) is 9.65. The highest BCUT2D eigenvalue weighted by molar-refractivity contribution is 5.74. The smallest absolute Gasteiger partial charge is 0.219 e. The van der Waals surface area contributed by atoms with Gasteiger partial charge in [0.15, 0.2) is 0 Å². The summed E-state index contributed by atoms with van der Waals surface area (Å²) in [6.45, 7) is 2.63. The molecule has 0 N–H and O–H groups in total. The number of amides is 1. The van der Waals surface area contributed by atoms with Crippen molar-refractivity contribution in [1.82, 2.24) is 4.90 Å². The number of nitrogens with zero attached hydrogens (tertiary/aromatic N) is 1. The van der Waals surface area contributed by atoms with Crippen LogP contribution in [0.1, 0.15) is 36.8 Å². The summed E-state index contributed by atoms with van der Waals surface area (Å²) in [5, 5.41) is 0. The lowest BCUT2D eigenvalue weighted by molar-refractivity contribution is -0.132. The molecule has 84 valence electrons. The van der Waals surface area contributed by atoms with Crippen LogP contribution in [-0.2, 0) is 11.2 Å². The van der Waals surface area contributed by atoms with Crippen LogP contribution >= 0.6 is 0 Å². The predicted molar refractivity (Wildman–Crippen MR) is 63.3 cm³/mol. The minimum Gasteiger partial charge on any atom is -0.339 e. The molecule has 2 atom stereocenters. The lowest BCUT2D eigenvalue weighted by atomic mass is 9.91. The summed E-state index contributed by atoms with van der Waals surface area (Å²) in [5.74, 6) is 0.807. The van der Waals surface area contributed by atoms with E-state index in [0.717, 1.165) is 13.0 Å². The first kappa shape index (κ1) is 9.88. The van der Waals surface area contributed by atoms with Gasteiger partial charge in [0.1, 0.15) is 0 Å². The Morgan fingerprint density at radius 1 is 1.31 bits per heavy atom. The van der Waals surface area contributed by atoms with Gasteiger partial charge in [-0.25, -0.2) is 0 Å². The van der Waals surface area contributed by atoms with Gasteiger partial charge in [-0.05, 0) is 30.4 Å². The second-order valence-corrected chi connectivity index (χ2v) is 5.00. The maximum atomic E-state index is 11.6. The zero-order chi connectivity index (χ0) is 11.1. The SMILES string of the molecule is CC(=O)N1CC2CCC1Cc1ccccc12. The van der Waals surface area contributed by atoms with Gasteiger partial charge in [0.25, 0.3) is 0 Å². The Balaban J connectivity index is 2.02. The molecule has 2 heterocycles. The van der Waals surface area contributed by atoms with Gasteiger partial charge >= 0.3 is 0 Å². The van der Waals surface area contributed by atoms with E-state index in [9.17, 15) is 4.79 Å². The third kappa shape index (κ3) is 1.44. The molecular formula is C14H17NO. The second kappa shape index (κ2) is 3.62. The summed E-state index contributed by atoms with van der Waals surface area (Å²) < 4.78 is 0. The second-order valence-electron chi connectivity index (χ2n) is 5.00. The van der Waals surface area contributed by atoms with Crippen LogP contribution < -0.4 is 0 Å². The van der Waals surface area contributed by atoms with E-state index in [2.05, 4.69) is 29.2 Å². The normalized spacial score (nSPS) is 27.4. The molecule has 2 heteroatoms. The molecular weight excluding hydrogens is 198 g/mol. The molecule has 4 rings (SSSR count). The van der Waals surface area contributed by atoms with Crippen LogP contribution in [0.15, 0.2) is 24.3 Å². The third-order valence-electron chi connectivity index (χ3n) is 4.06. The molecule has 1 amide bonds. The van der Waals surface area contributed by atoms with Gasteiger partial charge in [-0.3, -0.25) is 4.79 Å². The van der Waals surface area contributed by atoms with Crippen molar-refractivity contribution in [1.29, 1.82) is 0 Å². The molecule has 1 aromatic carbocycles. The highest BCUT2D eigenvalue weighted by atomic mass is 16.2. The van der Waals surface area contributed by atoms with E-state index < -0.39 is 0 Å². The molecule has 0 saturated carbocycles. The quantitative estimate of drug-likeness (QED) is 0.650. The molecule has 1 aliphatic carbocycles. The highest BCUT2D eigenvalue weighted by Gasteiger charge is 2.35. The van der Waals surface area contributed by atoms with Gasteiger partial charge in [0.2, 0.25) is 5.91 Å². The fourth-order valence-electron chi connectivity index (χ4n) is 3.25. The summed E-state index contributed by atoms with van der Waals surface area (Å²) in [6, 6.07) is 9.14. The lowest BCUT2D eigenvalue weighted by Gasteiger charge is -2.36. The molecule has 0 radical (unpaired) electrons. The van der Waals surface area contributed by atoms with E-state index in [-0.39, 0.29) is 5.91 Å². The third-order valence-corrected chi connectivity index (χ3v) is 4.06. The fourth-order valence-corrected chi connectivity index (χ4v) is 3.25. The average Bonchev–Trinajstić information content (AvgIpc) is 2.56. The monoisotopic (exact) mass is 215 g/mol. The Morgan fingerprint density at radius 3 is 2.94 bits per heavy atom. The first-order valence-electron chi connectivity index (χ1n) is 6.10. The summed E-state index contributed by atoms with van der Waals surface area (Å²) in [4.78, 5) is 13.7. The number of carbonyl (C=O) groups excluding carboxylic acids is 1. The molecule has 2 bridgehead atoms. The number of hydrogen-bond donors (Lipinski definition) is 0. The number of fused-ring (bicyclic) bond motifs is 2. The standard InChI is InChI=1S/C14H17NO/c1-10(16)15-9-12-6-7-13(15)8-11-4-2-3-5-14(11)12/h2-5,12-13H,6-9H2,1H3. The summed E-state index contributed by atoms with van der Waals surface area (Å²) >= 11 is 0. The van der Waals surface area contributed by atoms with E-state index in [4.69, 9.17) is 0 Å². The molecule has 2 unspecified atom stereocenters. The van der Waals surface area contributed by atoms with E-state index in [0.29, 0.717) is 12.0 Å². The molecule has 1 saturated heterocycles. The van der Waals surface area contributed by atoms with Crippen LogP contribution in [0.3, 0.4) is 0 Å². The van der Waals surface area contributed by atoms with Gasteiger partial charge in [-0.2, -0.15) is 0 Å². The van der Waals surface area contributed by atoms with Crippen molar-refractivity contribution in [3.8, 4) is 0 Å². The number of rotatable bonds is 0. The van der Waals surface area contributed by atoms with Crippen molar-refractivity contribution < 1.29 is 4.79 Å². The minimum absolute atomic E-state index is 0.238. The van der Waals surface area contributed by atoms with Crippen LogP contribution in [0, 0.1) is 0 Å². The Kier molecular flexibility index (Phi) is 2.23. The summed E-state index contributed by atoms with van der Waals surface area (Å²) in [7, 11) is 0. The molecule has 1 aromatic rings. The van der Waals surface area contributed by atoms with Crippen LogP contribution in [-0.4, -0.2) is 23.4 Å². The van der Waals surface area contributed by atoms with Crippen molar-refractivity contribution in [2.75, 3.05) is 6.54 Å². The van der Waals surface area contributed by atoms with Gasteiger partial charge in [-0.1, -0.05) is 24.3 Å². The van der Waals surface area contributed by atoms with E-state index in [1.807, 2.05) is 0 Å². The first-order chi connectivity index (χ1) is 7.75. The van der Waals surface area contributed by atoms with E-state index >= 15 is 0 Å². The molecule has 3 aliphatic rings. The lowest BCUT2D eigenvalue weighted by Crippen LogP contribution is -2.44. The molecule has 0 spiro atoms. The number of piperidine rings is 1. The Hall–Kier alpha value is -1.31. The number of carbonyl (C=O) groups is 1. The van der Waals surface area contributed by atoms with Gasteiger partial charge in [0.05, 0.1) is 0 Å². The van der Waals surface area contributed by atoms with Crippen molar-refractivity contribution in [3.63, 3.8) is 0 Å². The van der Waals surface area contributed by atoms with E-state index in [1.54, 1.807) is 6.92 Å². The maximum absolute atomic E-state index is 11.6. The van der Waals surface area contributed by atoms with Gasteiger partial charge < -0.3 is 4.90 Å².